The predicted octanol–water partition coefficient (Wildman–Crippen LogP) is 4.59. The highest BCUT2D eigenvalue weighted by atomic mass is 19.4. The number of hydrogen-bond donors (Lipinski definition) is 0. The van der Waals surface area contributed by atoms with Gasteiger partial charge in [0.2, 0.25) is 0 Å². The van der Waals surface area contributed by atoms with Crippen molar-refractivity contribution in [3.63, 3.8) is 0 Å². The number of aromatic nitrogens is 3. The molecule has 0 unspecified atom stereocenters. The van der Waals surface area contributed by atoms with Gasteiger partial charge in [0, 0.05) is 28.9 Å². The first-order valence-electron chi connectivity index (χ1n) is 6.91. The molecule has 2 aromatic heterocycles. The summed E-state index contributed by atoms with van der Waals surface area (Å²) >= 11 is 0. The Labute approximate surface area is 129 Å². The quantitative estimate of drug-likeness (QED) is 0.514. The summed E-state index contributed by atoms with van der Waals surface area (Å²) in [5, 5.41) is 1.86. The fraction of sp³-hybridized carbons (Fsp3) is 0.0588. The van der Waals surface area contributed by atoms with E-state index in [4.69, 9.17) is 0 Å². The van der Waals surface area contributed by atoms with Gasteiger partial charge in [-0.3, -0.25) is 0 Å². The molecular formula is C17H10F3N3. The lowest BCUT2D eigenvalue weighted by atomic mass is 10.1. The van der Waals surface area contributed by atoms with E-state index in [1.54, 1.807) is 6.20 Å². The first-order valence-corrected chi connectivity index (χ1v) is 6.91. The zero-order chi connectivity index (χ0) is 16.0. The fourth-order valence-electron chi connectivity index (χ4n) is 2.71. The Hall–Kier alpha value is -2.89. The molecule has 4 rings (SSSR count). The zero-order valence-corrected chi connectivity index (χ0v) is 11.7. The molecule has 23 heavy (non-hydrogen) atoms. The van der Waals surface area contributed by atoms with Gasteiger partial charge in [-0.15, -0.1) is 0 Å². The smallest absolute Gasteiger partial charge is 0.316 e. The molecule has 0 spiro atoms. The molecule has 0 bridgehead atoms. The Morgan fingerprint density at radius 2 is 1.70 bits per heavy atom. The van der Waals surface area contributed by atoms with E-state index in [1.165, 1.54) is 18.5 Å². The Kier molecular flexibility index (Phi) is 2.87. The second-order valence-corrected chi connectivity index (χ2v) is 5.19. The van der Waals surface area contributed by atoms with E-state index in [2.05, 4.69) is 9.97 Å². The Morgan fingerprint density at radius 3 is 2.43 bits per heavy atom. The van der Waals surface area contributed by atoms with Crippen molar-refractivity contribution in [1.29, 1.82) is 0 Å². The van der Waals surface area contributed by atoms with Gasteiger partial charge in [-0.05, 0) is 42.5 Å². The van der Waals surface area contributed by atoms with Crippen LogP contribution in [0.3, 0.4) is 0 Å². The highest BCUT2D eigenvalue weighted by molar-refractivity contribution is 6.04. The van der Waals surface area contributed by atoms with E-state index >= 15 is 0 Å². The van der Waals surface area contributed by atoms with Gasteiger partial charge < -0.3 is 4.57 Å². The third kappa shape index (κ3) is 2.23. The molecule has 6 heteroatoms. The van der Waals surface area contributed by atoms with Crippen LogP contribution >= 0.6 is 0 Å². The molecule has 0 atom stereocenters. The van der Waals surface area contributed by atoms with Crippen molar-refractivity contribution in [3.8, 4) is 5.69 Å². The summed E-state index contributed by atoms with van der Waals surface area (Å²) in [7, 11) is 0. The van der Waals surface area contributed by atoms with Crippen LogP contribution in [-0.4, -0.2) is 14.5 Å². The van der Waals surface area contributed by atoms with Gasteiger partial charge in [0.15, 0.2) is 0 Å². The van der Waals surface area contributed by atoms with Crippen molar-refractivity contribution >= 4 is 21.8 Å². The monoisotopic (exact) mass is 313 g/mol. The maximum absolute atomic E-state index is 12.7. The first-order chi connectivity index (χ1) is 11.0. The third-order valence-electron chi connectivity index (χ3n) is 3.82. The molecule has 0 radical (unpaired) electrons. The van der Waals surface area contributed by atoms with Gasteiger partial charge in [-0.25, -0.2) is 9.97 Å². The summed E-state index contributed by atoms with van der Waals surface area (Å²) in [4.78, 5) is 8.28. The normalized spacial score (nSPS) is 12.1. The lowest BCUT2D eigenvalue weighted by Gasteiger charge is -2.09. The molecule has 4 aromatic rings. The van der Waals surface area contributed by atoms with Gasteiger partial charge in [0.1, 0.15) is 6.33 Å². The van der Waals surface area contributed by atoms with Crippen LogP contribution in [-0.2, 0) is 6.18 Å². The minimum absolute atomic E-state index is 0.657. The van der Waals surface area contributed by atoms with Crippen LogP contribution in [0.1, 0.15) is 5.56 Å². The molecule has 2 aromatic carbocycles. The van der Waals surface area contributed by atoms with Gasteiger partial charge in [0.25, 0.3) is 0 Å². The van der Waals surface area contributed by atoms with Crippen LogP contribution in [0, 0.1) is 0 Å². The summed E-state index contributed by atoms with van der Waals surface area (Å²) < 4.78 is 39.8. The van der Waals surface area contributed by atoms with Crippen LogP contribution in [0.5, 0.6) is 0 Å². The zero-order valence-electron chi connectivity index (χ0n) is 11.7. The summed E-state index contributed by atoms with van der Waals surface area (Å²) in [5.41, 5.74) is 1.72. The number of halogens is 3. The highest BCUT2D eigenvalue weighted by Gasteiger charge is 2.30. The molecule has 0 saturated carbocycles. The van der Waals surface area contributed by atoms with E-state index < -0.39 is 11.7 Å². The van der Waals surface area contributed by atoms with Gasteiger partial charge in [0.05, 0.1) is 16.6 Å². The van der Waals surface area contributed by atoms with Crippen molar-refractivity contribution < 1.29 is 13.2 Å². The second kappa shape index (κ2) is 4.81. The van der Waals surface area contributed by atoms with Crippen LogP contribution in [0.2, 0.25) is 0 Å². The maximum Gasteiger partial charge on any atom is 0.416 e. The molecule has 0 saturated heterocycles. The van der Waals surface area contributed by atoms with E-state index in [9.17, 15) is 13.2 Å². The Morgan fingerprint density at radius 1 is 0.913 bits per heavy atom. The topological polar surface area (TPSA) is 30.7 Å². The van der Waals surface area contributed by atoms with Crippen molar-refractivity contribution in [1.82, 2.24) is 14.5 Å². The van der Waals surface area contributed by atoms with Crippen molar-refractivity contribution in [2.45, 2.75) is 6.18 Å². The van der Waals surface area contributed by atoms with Gasteiger partial charge >= 0.3 is 6.18 Å². The Bertz CT molecular complexity index is 1000. The number of benzene rings is 2. The number of fused-ring (bicyclic) bond motifs is 3. The molecule has 0 fully saturated rings. The number of hydrogen-bond acceptors (Lipinski definition) is 2. The molecule has 2 heterocycles. The van der Waals surface area contributed by atoms with Crippen molar-refractivity contribution in [2.24, 2.45) is 0 Å². The average molecular weight is 313 g/mol. The van der Waals surface area contributed by atoms with E-state index in [-0.39, 0.29) is 0 Å². The number of rotatable bonds is 1. The summed E-state index contributed by atoms with van der Waals surface area (Å²) in [6.45, 7) is 0. The largest absolute Gasteiger partial charge is 0.416 e. The predicted molar refractivity (Wildman–Crippen MR) is 81.4 cm³/mol. The van der Waals surface area contributed by atoms with Gasteiger partial charge in [-0.1, -0.05) is 0 Å². The van der Waals surface area contributed by atoms with Crippen LogP contribution < -0.4 is 0 Å². The summed E-state index contributed by atoms with van der Waals surface area (Å²) in [6.07, 6.45) is 0.716. The minimum atomic E-state index is -4.33. The highest BCUT2D eigenvalue weighted by Crippen LogP contribution is 2.31. The molecule has 0 aliphatic rings. The van der Waals surface area contributed by atoms with Gasteiger partial charge in [-0.2, -0.15) is 13.2 Å². The third-order valence-corrected chi connectivity index (χ3v) is 3.82. The number of nitrogens with zero attached hydrogens (tertiary/aromatic N) is 3. The lowest BCUT2D eigenvalue weighted by molar-refractivity contribution is -0.137. The maximum atomic E-state index is 12.7. The average Bonchev–Trinajstić information content (AvgIpc) is 2.98. The standard InChI is InChI=1S/C17H10F3N3/c18-17(19,20)12-2-4-13(5-3-12)23-8-7-14-15(23)6-1-11-9-21-10-22-16(11)14/h1-10H. The SMILES string of the molecule is FC(F)(F)c1ccc(-n2ccc3c4ncncc4ccc32)cc1. The molecular weight excluding hydrogens is 303 g/mol. The fourth-order valence-corrected chi connectivity index (χ4v) is 2.71. The van der Waals surface area contributed by atoms with Crippen LogP contribution in [0.15, 0.2) is 61.2 Å². The van der Waals surface area contributed by atoms with E-state index in [1.807, 2.05) is 29.0 Å². The Balaban J connectivity index is 1.88. The molecule has 114 valence electrons. The second-order valence-electron chi connectivity index (χ2n) is 5.19. The van der Waals surface area contributed by atoms with E-state index in [0.29, 0.717) is 5.69 Å². The summed E-state index contributed by atoms with van der Waals surface area (Å²) in [5.74, 6) is 0. The van der Waals surface area contributed by atoms with Crippen molar-refractivity contribution in [3.05, 3.63) is 66.7 Å². The van der Waals surface area contributed by atoms with Crippen molar-refractivity contribution in [2.75, 3.05) is 0 Å². The minimum Gasteiger partial charge on any atom is -0.316 e. The molecule has 0 amide bonds. The first kappa shape index (κ1) is 13.8. The summed E-state index contributed by atoms with van der Waals surface area (Å²) in [6, 6.07) is 10.8. The van der Waals surface area contributed by atoms with E-state index in [0.717, 1.165) is 33.9 Å². The van der Waals surface area contributed by atoms with Crippen LogP contribution in [0.4, 0.5) is 13.2 Å². The molecule has 0 aliphatic heterocycles. The molecule has 0 aliphatic carbocycles. The number of alkyl halides is 3. The lowest BCUT2D eigenvalue weighted by Crippen LogP contribution is -2.04. The van der Waals surface area contributed by atoms with Crippen LogP contribution in [0.25, 0.3) is 27.5 Å². The molecule has 3 nitrogen and oxygen atoms in total. The molecule has 0 N–H and O–H groups in total.